The van der Waals surface area contributed by atoms with Gasteiger partial charge in [-0.15, -0.1) is 0 Å². The molecule has 0 aliphatic rings. The van der Waals surface area contributed by atoms with Gasteiger partial charge >= 0.3 is 0 Å². The van der Waals surface area contributed by atoms with E-state index in [1.165, 1.54) is 6.08 Å². The third-order valence-corrected chi connectivity index (χ3v) is 0.499. The van der Waals surface area contributed by atoms with E-state index in [1.54, 1.807) is 13.8 Å². The first-order valence-corrected chi connectivity index (χ1v) is 2.32. The van der Waals surface area contributed by atoms with Gasteiger partial charge in [0.25, 0.3) is 6.01 Å². The molecule has 0 bridgehead atoms. The fourth-order valence-corrected chi connectivity index (χ4v) is 0.225. The van der Waals surface area contributed by atoms with Gasteiger partial charge in [0.15, 0.2) is 0 Å². The van der Waals surface area contributed by atoms with Gasteiger partial charge in [0.1, 0.15) is 0 Å². The van der Waals surface area contributed by atoms with Crippen molar-refractivity contribution in [2.24, 2.45) is 0 Å². The summed E-state index contributed by atoms with van der Waals surface area (Å²) in [5, 5.41) is 0. The first kappa shape index (κ1) is 7.21. The molecule has 0 aromatic rings. The van der Waals surface area contributed by atoms with Crippen molar-refractivity contribution in [1.29, 1.82) is 0 Å². The highest BCUT2D eigenvalue weighted by molar-refractivity contribution is 4.86. The van der Waals surface area contributed by atoms with Crippen LogP contribution in [0.15, 0.2) is 24.4 Å². The van der Waals surface area contributed by atoms with Crippen LogP contribution >= 0.6 is 0 Å². The molecule has 0 aliphatic heterocycles. The molecule has 0 atom stereocenters. The molecule has 0 amide bonds. The summed E-state index contributed by atoms with van der Waals surface area (Å²) in [5.74, 6) is 0.362. The predicted molar refractivity (Wildman–Crippen MR) is 30.8 cm³/mol. The largest absolute Gasteiger partial charge is 0.437 e. The van der Waals surface area contributed by atoms with Crippen LogP contribution in [0.1, 0.15) is 13.8 Å². The number of halogens is 1. The summed E-state index contributed by atoms with van der Waals surface area (Å²) in [6.45, 7) is 6.48. The fourth-order valence-electron chi connectivity index (χ4n) is 0.225. The second-order valence-corrected chi connectivity index (χ2v) is 1.40. The maximum absolute atomic E-state index is 12.0. The number of rotatable bonds is 2. The zero-order valence-electron chi connectivity index (χ0n) is 5.07. The fraction of sp³-hybridized carbons (Fsp3) is 0.333. The minimum Gasteiger partial charge on any atom is -0.437 e. The van der Waals surface area contributed by atoms with Crippen LogP contribution in [0.2, 0.25) is 0 Å². The third-order valence-electron chi connectivity index (χ3n) is 0.499. The minimum absolute atomic E-state index is 0.362. The van der Waals surface area contributed by atoms with Crippen molar-refractivity contribution >= 4 is 0 Å². The molecule has 1 nitrogen and oxygen atoms in total. The first-order valence-electron chi connectivity index (χ1n) is 2.32. The van der Waals surface area contributed by atoms with Gasteiger partial charge in [-0.2, -0.15) is 4.39 Å². The molecule has 0 heterocycles. The molecule has 0 saturated carbocycles. The Morgan fingerprint density at radius 3 is 2.38 bits per heavy atom. The molecule has 0 radical (unpaired) electrons. The number of hydrogen-bond donors (Lipinski definition) is 0. The summed E-state index contributed by atoms with van der Waals surface area (Å²) >= 11 is 0. The van der Waals surface area contributed by atoms with E-state index in [2.05, 4.69) is 11.3 Å². The van der Waals surface area contributed by atoms with Gasteiger partial charge in [0.2, 0.25) is 0 Å². The molecule has 0 aromatic heterocycles. The third kappa shape index (κ3) is 3.40. The Kier molecular flexibility index (Phi) is 2.92. The van der Waals surface area contributed by atoms with E-state index < -0.39 is 6.01 Å². The van der Waals surface area contributed by atoms with Crippen molar-refractivity contribution in [2.45, 2.75) is 13.8 Å². The number of allylic oxidation sites excluding steroid dienone is 2. The second kappa shape index (κ2) is 3.24. The monoisotopic (exact) mass is 116 g/mol. The van der Waals surface area contributed by atoms with Gasteiger partial charge in [-0.25, -0.2) is 0 Å². The Morgan fingerprint density at radius 2 is 2.25 bits per heavy atom. The quantitative estimate of drug-likeness (QED) is 0.503. The maximum Gasteiger partial charge on any atom is 0.273 e. The van der Waals surface area contributed by atoms with Crippen LogP contribution in [0.3, 0.4) is 0 Å². The lowest BCUT2D eigenvalue weighted by Crippen LogP contribution is -1.79. The van der Waals surface area contributed by atoms with Crippen LogP contribution in [-0.4, -0.2) is 0 Å². The molecule has 0 aromatic carbocycles. The molecule has 2 heteroatoms. The Hall–Kier alpha value is -0.790. The van der Waals surface area contributed by atoms with Gasteiger partial charge < -0.3 is 4.74 Å². The minimum atomic E-state index is -0.600. The Morgan fingerprint density at radius 1 is 1.75 bits per heavy atom. The summed E-state index contributed by atoms with van der Waals surface area (Å²) in [7, 11) is 0. The molecule has 46 valence electrons. The molecule has 0 N–H and O–H groups in total. The van der Waals surface area contributed by atoms with Gasteiger partial charge in [-0.1, -0.05) is 6.58 Å². The van der Waals surface area contributed by atoms with E-state index >= 15 is 0 Å². The van der Waals surface area contributed by atoms with Gasteiger partial charge in [0, 0.05) is 0 Å². The number of hydrogen-bond acceptors (Lipinski definition) is 1. The van der Waals surface area contributed by atoms with Crippen LogP contribution in [0.5, 0.6) is 0 Å². The smallest absolute Gasteiger partial charge is 0.273 e. The maximum atomic E-state index is 12.0. The average Bonchev–Trinajstić information content (AvgIpc) is 1.65. The van der Waals surface area contributed by atoms with E-state index in [0.29, 0.717) is 5.76 Å². The average molecular weight is 116 g/mol. The topological polar surface area (TPSA) is 9.23 Å². The Labute approximate surface area is 48.5 Å². The van der Waals surface area contributed by atoms with Gasteiger partial charge in [0.05, 0.1) is 5.76 Å². The summed E-state index contributed by atoms with van der Waals surface area (Å²) in [5.41, 5.74) is 0. The van der Waals surface area contributed by atoms with E-state index in [1.807, 2.05) is 0 Å². The zero-order valence-corrected chi connectivity index (χ0v) is 5.07. The summed E-state index contributed by atoms with van der Waals surface area (Å²) in [6, 6.07) is -0.600. The van der Waals surface area contributed by atoms with Crippen molar-refractivity contribution in [3.8, 4) is 0 Å². The lowest BCUT2D eigenvalue weighted by atomic mass is 10.6. The molecule has 0 unspecified atom stereocenters. The Balaban J connectivity index is 3.56. The van der Waals surface area contributed by atoms with Crippen LogP contribution in [-0.2, 0) is 4.74 Å². The van der Waals surface area contributed by atoms with Crippen molar-refractivity contribution < 1.29 is 9.13 Å². The van der Waals surface area contributed by atoms with Gasteiger partial charge in [-0.05, 0) is 19.9 Å². The molecular weight excluding hydrogens is 107 g/mol. The van der Waals surface area contributed by atoms with Crippen LogP contribution < -0.4 is 0 Å². The van der Waals surface area contributed by atoms with E-state index in [4.69, 9.17) is 0 Å². The van der Waals surface area contributed by atoms with Crippen LogP contribution in [0.25, 0.3) is 0 Å². The molecule has 0 spiro atoms. The van der Waals surface area contributed by atoms with E-state index in [9.17, 15) is 4.39 Å². The normalized spacial score (nSPS) is 11.1. The second-order valence-electron chi connectivity index (χ2n) is 1.40. The highest BCUT2D eigenvalue weighted by Gasteiger charge is 1.89. The zero-order chi connectivity index (χ0) is 6.57. The standard InChI is InChI=1S/C6H9FO/c1-4-6(7)8-5(2)3/h4H,2H2,1,3H3. The molecule has 0 fully saturated rings. The SMILES string of the molecule is C=C(C)OC(F)=CC. The van der Waals surface area contributed by atoms with Crippen molar-refractivity contribution in [3.05, 3.63) is 24.4 Å². The Bertz CT molecular complexity index is 116. The van der Waals surface area contributed by atoms with Crippen molar-refractivity contribution in [2.75, 3.05) is 0 Å². The molecule has 0 saturated heterocycles. The first-order chi connectivity index (χ1) is 3.66. The lowest BCUT2D eigenvalue weighted by molar-refractivity contribution is 0.217. The molecule has 0 rings (SSSR count). The summed E-state index contributed by atoms with van der Waals surface area (Å²) in [4.78, 5) is 0. The van der Waals surface area contributed by atoms with Gasteiger partial charge in [-0.3, -0.25) is 0 Å². The van der Waals surface area contributed by atoms with Crippen molar-refractivity contribution in [3.63, 3.8) is 0 Å². The van der Waals surface area contributed by atoms with E-state index in [-0.39, 0.29) is 0 Å². The van der Waals surface area contributed by atoms with E-state index in [0.717, 1.165) is 0 Å². The predicted octanol–water partition coefficient (Wildman–Crippen LogP) is 2.37. The lowest BCUT2D eigenvalue weighted by Gasteiger charge is -1.96. The number of ether oxygens (including phenoxy) is 1. The molecular formula is C6H9FO. The highest BCUT2D eigenvalue weighted by Crippen LogP contribution is 2.03. The summed E-state index contributed by atoms with van der Waals surface area (Å²) in [6.07, 6.45) is 1.23. The molecule has 0 aliphatic carbocycles. The molecule has 8 heavy (non-hydrogen) atoms. The van der Waals surface area contributed by atoms with Crippen LogP contribution in [0.4, 0.5) is 4.39 Å². The highest BCUT2D eigenvalue weighted by atomic mass is 19.1. The summed E-state index contributed by atoms with van der Waals surface area (Å²) < 4.78 is 16.4. The van der Waals surface area contributed by atoms with Crippen molar-refractivity contribution in [1.82, 2.24) is 0 Å². The van der Waals surface area contributed by atoms with Crippen LogP contribution in [0, 0.1) is 0 Å².